The van der Waals surface area contributed by atoms with Crippen LogP contribution in [0.15, 0.2) is 47.5 Å². The number of amidine groups is 1. The lowest BCUT2D eigenvalue weighted by Gasteiger charge is -2.36. The second kappa shape index (κ2) is 9.43. The van der Waals surface area contributed by atoms with E-state index in [9.17, 15) is 4.79 Å². The molecule has 0 radical (unpaired) electrons. The molecule has 7 nitrogen and oxygen atoms in total. The number of ether oxygens (including phenoxy) is 2. The Morgan fingerprint density at radius 3 is 2.70 bits per heavy atom. The molecule has 2 aliphatic heterocycles. The van der Waals surface area contributed by atoms with E-state index < -0.39 is 0 Å². The van der Waals surface area contributed by atoms with Crippen LogP contribution in [0, 0.1) is 0 Å². The molecule has 2 aromatic carbocycles. The van der Waals surface area contributed by atoms with E-state index in [1.54, 1.807) is 14.2 Å². The van der Waals surface area contributed by atoms with E-state index in [1.165, 1.54) is 11.1 Å². The number of aryl methyl sites for hydroxylation is 1. The standard InChI is InChI=1S/C26H32N4O3/c1-32-19-8-9-20-18(15-19)7-10-22-21(20)16-25(27-22)28-26(31)17-29-11-13-30(14-12-29)23-5-3-4-6-24(23)33-2/h3-6,8-9,15,21-22H,7,10-14,16-17H2,1-2H3,(H,27,28,31)/t21-,22+/m0/s1. The Balaban J connectivity index is 1.13. The number of piperazine rings is 1. The molecule has 174 valence electrons. The van der Waals surface area contributed by atoms with E-state index in [1.807, 2.05) is 24.3 Å². The minimum atomic E-state index is 0.0353. The van der Waals surface area contributed by atoms with Gasteiger partial charge in [0.05, 0.1) is 32.5 Å². The second-order valence-corrected chi connectivity index (χ2v) is 9.04. The highest BCUT2D eigenvalue weighted by Gasteiger charge is 2.35. The SMILES string of the molecule is COc1ccc2c(c1)CC[C@H]1N=C(NC(=O)CN3CCN(c4ccccc4OC)CC3)C[C@@H]21. The number of hydrogen-bond donors (Lipinski definition) is 1. The van der Waals surface area contributed by atoms with Gasteiger partial charge in [-0.25, -0.2) is 0 Å². The summed E-state index contributed by atoms with van der Waals surface area (Å²) >= 11 is 0. The third kappa shape index (κ3) is 4.55. The first-order valence-corrected chi connectivity index (χ1v) is 11.8. The highest BCUT2D eigenvalue weighted by Crippen LogP contribution is 2.40. The van der Waals surface area contributed by atoms with E-state index >= 15 is 0 Å². The summed E-state index contributed by atoms with van der Waals surface area (Å²) in [4.78, 5) is 22.2. The van der Waals surface area contributed by atoms with Crippen molar-refractivity contribution in [1.29, 1.82) is 0 Å². The Kier molecular flexibility index (Phi) is 6.22. The van der Waals surface area contributed by atoms with Crippen molar-refractivity contribution < 1.29 is 14.3 Å². The summed E-state index contributed by atoms with van der Waals surface area (Å²) in [6, 6.07) is 14.7. The number of nitrogens with one attached hydrogen (secondary N) is 1. The lowest BCUT2D eigenvalue weighted by atomic mass is 9.79. The van der Waals surface area contributed by atoms with Crippen molar-refractivity contribution in [2.24, 2.45) is 4.99 Å². The Morgan fingerprint density at radius 1 is 1.09 bits per heavy atom. The topological polar surface area (TPSA) is 66.4 Å². The minimum absolute atomic E-state index is 0.0353. The normalized spacial score (nSPS) is 22.2. The van der Waals surface area contributed by atoms with Crippen LogP contribution in [0.2, 0.25) is 0 Å². The van der Waals surface area contributed by atoms with Gasteiger partial charge in [0.2, 0.25) is 5.91 Å². The summed E-state index contributed by atoms with van der Waals surface area (Å²) in [6.07, 6.45) is 2.83. The zero-order valence-electron chi connectivity index (χ0n) is 19.4. The molecule has 1 aliphatic carbocycles. The lowest BCUT2D eigenvalue weighted by Crippen LogP contribution is -2.50. The van der Waals surface area contributed by atoms with Crippen LogP contribution in [-0.4, -0.2) is 69.6 Å². The second-order valence-electron chi connectivity index (χ2n) is 9.04. The molecular weight excluding hydrogens is 416 g/mol. The van der Waals surface area contributed by atoms with E-state index in [4.69, 9.17) is 14.5 Å². The largest absolute Gasteiger partial charge is 0.497 e. The number of rotatable bonds is 5. The average molecular weight is 449 g/mol. The van der Waals surface area contributed by atoms with E-state index in [2.05, 4.69) is 33.3 Å². The summed E-state index contributed by atoms with van der Waals surface area (Å²) in [6.45, 7) is 3.84. The number of carbonyl (C=O) groups excluding carboxylic acids is 1. The number of benzene rings is 2. The molecule has 0 unspecified atom stereocenters. The summed E-state index contributed by atoms with van der Waals surface area (Å²) in [5.74, 6) is 3.04. The molecule has 2 aromatic rings. The monoisotopic (exact) mass is 448 g/mol. The molecule has 7 heteroatoms. The van der Waals surface area contributed by atoms with Gasteiger partial charge in [0.1, 0.15) is 17.3 Å². The van der Waals surface area contributed by atoms with Gasteiger partial charge in [0, 0.05) is 38.5 Å². The van der Waals surface area contributed by atoms with E-state index in [0.29, 0.717) is 12.5 Å². The predicted molar refractivity (Wildman–Crippen MR) is 130 cm³/mol. The van der Waals surface area contributed by atoms with Crippen molar-refractivity contribution in [3.63, 3.8) is 0 Å². The van der Waals surface area contributed by atoms with Crippen molar-refractivity contribution in [1.82, 2.24) is 10.2 Å². The van der Waals surface area contributed by atoms with Crippen molar-refractivity contribution in [2.45, 2.75) is 31.2 Å². The van der Waals surface area contributed by atoms with Gasteiger partial charge in [-0.2, -0.15) is 0 Å². The maximum atomic E-state index is 12.8. The molecule has 0 bridgehead atoms. The third-order valence-electron chi connectivity index (χ3n) is 7.11. The van der Waals surface area contributed by atoms with Crippen LogP contribution in [0.3, 0.4) is 0 Å². The number of fused-ring (bicyclic) bond motifs is 3. The molecule has 1 N–H and O–H groups in total. The van der Waals surface area contributed by atoms with E-state index in [-0.39, 0.29) is 11.9 Å². The molecule has 0 saturated carbocycles. The fourth-order valence-electron chi connectivity index (χ4n) is 5.39. The Morgan fingerprint density at radius 2 is 1.91 bits per heavy atom. The van der Waals surface area contributed by atoms with Crippen LogP contribution in [0.5, 0.6) is 11.5 Å². The number of anilines is 1. The highest BCUT2D eigenvalue weighted by atomic mass is 16.5. The number of carbonyl (C=O) groups is 1. The lowest BCUT2D eigenvalue weighted by molar-refractivity contribution is -0.120. The van der Waals surface area contributed by atoms with Crippen molar-refractivity contribution in [2.75, 3.05) is 51.8 Å². The van der Waals surface area contributed by atoms with Crippen LogP contribution in [-0.2, 0) is 11.2 Å². The first kappa shape index (κ1) is 21.8. The molecule has 1 saturated heterocycles. The Bertz CT molecular complexity index is 1050. The minimum Gasteiger partial charge on any atom is -0.497 e. The molecular formula is C26H32N4O3. The Hall–Kier alpha value is -3.06. The number of nitrogens with zero attached hydrogens (tertiary/aromatic N) is 3. The van der Waals surface area contributed by atoms with Gasteiger partial charge in [-0.3, -0.25) is 14.7 Å². The molecule has 2 heterocycles. The van der Waals surface area contributed by atoms with E-state index in [0.717, 1.165) is 68.5 Å². The first-order valence-electron chi connectivity index (χ1n) is 11.8. The van der Waals surface area contributed by atoms with Gasteiger partial charge < -0.3 is 19.7 Å². The number of para-hydroxylation sites is 2. The molecule has 5 rings (SSSR count). The molecule has 3 aliphatic rings. The molecule has 2 atom stereocenters. The third-order valence-corrected chi connectivity index (χ3v) is 7.11. The van der Waals surface area contributed by atoms with Gasteiger partial charge >= 0.3 is 0 Å². The average Bonchev–Trinajstić information content (AvgIpc) is 3.26. The number of methoxy groups -OCH3 is 2. The smallest absolute Gasteiger partial charge is 0.239 e. The van der Waals surface area contributed by atoms with Gasteiger partial charge in [0.15, 0.2) is 0 Å². The van der Waals surface area contributed by atoms with Crippen molar-refractivity contribution in [3.8, 4) is 11.5 Å². The van der Waals surface area contributed by atoms with Crippen molar-refractivity contribution >= 4 is 17.4 Å². The number of aliphatic imine (C=N–C) groups is 1. The molecule has 1 amide bonds. The van der Waals surface area contributed by atoms with Crippen LogP contribution in [0.1, 0.15) is 29.9 Å². The maximum absolute atomic E-state index is 12.8. The van der Waals surface area contributed by atoms with Gasteiger partial charge in [-0.15, -0.1) is 0 Å². The number of hydrogen-bond acceptors (Lipinski definition) is 6. The molecule has 0 spiro atoms. The summed E-state index contributed by atoms with van der Waals surface area (Å²) in [5.41, 5.74) is 3.82. The van der Waals surface area contributed by atoms with Crippen LogP contribution in [0.25, 0.3) is 0 Å². The highest BCUT2D eigenvalue weighted by molar-refractivity contribution is 6.00. The first-order chi connectivity index (χ1) is 16.1. The fourth-order valence-corrected chi connectivity index (χ4v) is 5.39. The zero-order valence-corrected chi connectivity index (χ0v) is 19.4. The molecule has 0 aromatic heterocycles. The van der Waals surface area contributed by atoms with Gasteiger partial charge in [-0.05, 0) is 48.2 Å². The molecule has 1 fully saturated rings. The maximum Gasteiger partial charge on any atom is 0.239 e. The zero-order chi connectivity index (χ0) is 22.8. The number of amides is 1. The molecule has 33 heavy (non-hydrogen) atoms. The summed E-state index contributed by atoms with van der Waals surface area (Å²) in [7, 11) is 3.41. The van der Waals surface area contributed by atoms with Gasteiger partial charge in [0.25, 0.3) is 0 Å². The Labute approximate surface area is 195 Å². The van der Waals surface area contributed by atoms with Gasteiger partial charge in [-0.1, -0.05) is 18.2 Å². The fraction of sp³-hybridized carbons (Fsp3) is 0.462. The summed E-state index contributed by atoms with van der Waals surface area (Å²) in [5, 5.41) is 3.11. The van der Waals surface area contributed by atoms with Crippen molar-refractivity contribution in [3.05, 3.63) is 53.6 Å². The summed E-state index contributed by atoms with van der Waals surface area (Å²) < 4.78 is 10.9. The van der Waals surface area contributed by atoms with Crippen LogP contribution in [0.4, 0.5) is 5.69 Å². The predicted octanol–water partition coefficient (Wildman–Crippen LogP) is 2.84. The van der Waals surface area contributed by atoms with Crippen LogP contribution < -0.4 is 19.7 Å². The van der Waals surface area contributed by atoms with Crippen LogP contribution >= 0.6 is 0 Å². The quantitative estimate of drug-likeness (QED) is 0.762.